The molecule has 0 saturated heterocycles. The molecule has 5 N–H and O–H groups in total. The van der Waals surface area contributed by atoms with Gasteiger partial charge in [0.2, 0.25) is 0 Å². The van der Waals surface area contributed by atoms with Gasteiger partial charge in [-0.05, 0) is 41.3 Å². The standard InChI is InChI=1S/C20H22BN3O5/c22-6-7-24-10-14-5-4-13(8-15(14)11-24)19(25)23-17-9-12-2-1-3-16(20(26)27)18(12)29-21(17)28/h1-5,8,17,28H,6-7,9-11,22H2,(H,23,25)(H,26,27)/t17-/m0/s1. The molecule has 2 aliphatic heterocycles. The first kappa shape index (κ1) is 19.4. The highest BCUT2D eigenvalue weighted by molar-refractivity contribution is 6.47. The summed E-state index contributed by atoms with van der Waals surface area (Å²) in [5.74, 6) is -1.97. The van der Waals surface area contributed by atoms with E-state index in [4.69, 9.17) is 10.4 Å². The lowest BCUT2D eigenvalue weighted by molar-refractivity contribution is 0.0693. The predicted octanol–water partition coefficient (Wildman–Crippen LogP) is 0.412. The summed E-state index contributed by atoms with van der Waals surface area (Å²) in [6.07, 6.45) is 0.276. The van der Waals surface area contributed by atoms with Gasteiger partial charge in [-0.25, -0.2) is 4.79 Å². The smallest absolute Gasteiger partial charge is 0.534 e. The number of nitrogens with one attached hydrogen (secondary N) is 1. The number of amides is 1. The van der Waals surface area contributed by atoms with Crippen LogP contribution in [0.15, 0.2) is 36.4 Å². The van der Waals surface area contributed by atoms with E-state index in [1.807, 2.05) is 12.1 Å². The van der Waals surface area contributed by atoms with E-state index in [-0.39, 0.29) is 23.6 Å². The van der Waals surface area contributed by atoms with Crippen LogP contribution in [0.2, 0.25) is 0 Å². The number of hydrogen-bond acceptors (Lipinski definition) is 6. The number of hydrogen-bond donors (Lipinski definition) is 4. The molecule has 2 aliphatic rings. The molecule has 0 aromatic heterocycles. The van der Waals surface area contributed by atoms with Crippen molar-refractivity contribution in [2.45, 2.75) is 25.5 Å². The number of aromatic carboxylic acids is 1. The summed E-state index contributed by atoms with van der Waals surface area (Å²) in [5.41, 5.74) is 9.04. The van der Waals surface area contributed by atoms with Crippen LogP contribution in [0.4, 0.5) is 0 Å². The van der Waals surface area contributed by atoms with Gasteiger partial charge in [-0.15, -0.1) is 0 Å². The lowest BCUT2D eigenvalue weighted by atomic mass is 9.72. The maximum Gasteiger partial charge on any atom is 0.547 e. The van der Waals surface area contributed by atoms with Gasteiger partial charge in [0.1, 0.15) is 5.75 Å². The zero-order valence-corrected chi connectivity index (χ0v) is 15.8. The number of benzene rings is 2. The fourth-order valence-electron chi connectivity index (χ4n) is 3.91. The van der Waals surface area contributed by atoms with Crippen molar-refractivity contribution in [1.82, 2.24) is 10.2 Å². The molecule has 2 aromatic rings. The summed E-state index contributed by atoms with van der Waals surface area (Å²) in [6, 6.07) is 10.4. The van der Waals surface area contributed by atoms with Gasteiger partial charge in [-0.3, -0.25) is 9.69 Å². The van der Waals surface area contributed by atoms with Gasteiger partial charge in [-0.1, -0.05) is 18.2 Å². The summed E-state index contributed by atoms with van der Waals surface area (Å²) in [7, 11) is -1.33. The first-order valence-corrected chi connectivity index (χ1v) is 9.51. The Bertz CT molecular complexity index is 967. The van der Waals surface area contributed by atoms with Crippen LogP contribution in [0.1, 0.15) is 37.4 Å². The van der Waals surface area contributed by atoms with Crippen LogP contribution in [0.25, 0.3) is 0 Å². The third-order valence-electron chi connectivity index (χ3n) is 5.37. The van der Waals surface area contributed by atoms with Gasteiger partial charge in [0.05, 0.1) is 11.5 Å². The Balaban J connectivity index is 1.48. The molecular weight excluding hydrogens is 373 g/mol. The molecule has 0 fully saturated rings. The van der Waals surface area contributed by atoms with Crippen molar-refractivity contribution in [3.8, 4) is 5.75 Å². The highest BCUT2D eigenvalue weighted by Gasteiger charge is 2.38. The second-order valence-electron chi connectivity index (χ2n) is 7.37. The number of rotatable bonds is 5. The fraction of sp³-hybridized carbons (Fsp3) is 0.300. The van der Waals surface area contributed by atoms with Gasteiger partial charge in [-0.2, -0.15) is 0 Å². The molecule has 2 aromatic carbocycles. The monoisotopic (exact) mass is 395 g/mol. The van der Waals surface area contributed by atoms with E-state index >= 15 is 0 Å². The van der Waals surface area contributed by atoms with E-state index in [1.54, 1.807) is 18.2 Å². The van der Waals surface area contributed by atoms with Crippen molar-refractivity contribution in [2.75, 3.05) is 13.1 Å². The van der Waals surface area contributed by atoms with Gasteiger partial charge >= 0.3 is 13.1 Å². The fourth-order valence-corrected chi connectivity index (χ4v) is 3.91. The SMILES string of the molecule is NCCN1Cc2ccc(C(=O)N[C@H]3Cc4cccc(C(=O)O)c4OB3O)cc2C1. The van der Waals surface area contributed by atoms with Gasteiger partial charge in [0, 0.05) is 31.7 Å². The van der Waals surface area contributed by atoms with Gasteiger partial charge in [0.25, 0.3) is 5.91 Å². The quantitative estimate of drug-likeness (QED) is 0.541. The molecule has 0 radical (unpaired) electrons. The molecule has 1 amide bonds. The number of nitrogens with two attached hydrogens (primary N) is 1. The average Bonchev–Trinajstić information content (AvgIpc) is 3.09. The van der Waals surface area contributed by atoms with Crippen molar-refractivity contribution in [3.63, 3.8) is 0 Å². The summed E-state index contributed by atoms with van der Waals surface area (Å²) in [4.78, 5) is 26.3. The van der Waals surface area contributed by atoms with E-state index in [0.29, 0.717) is 17.7 Å². The van der Waals surface area contributed by atoms with Crippen molar-refractivity contribution >= 4 is 19.0 Å². The Labute approximate surface area is 168 Å². The Kier molecular flexibility index (Phi) is 5.27. The third-order valence-corrected chi connectivity index (χ3v) is 5.37. The molecule has 29 heavy (non-hydrogen) atoms. The Morgan fingerprint density at radius 1 is 1.21 bits per heavy atom. The highest BCUT2D eigenvalue weighted by atomic mass is 16.5. The molecule has 4 rings (SSSR count). The highest BCUT2D eigenvalue weighted by Crippen LogP contribution is 2.30. The summed E-state index contributed by atoms with van der Waals surface area (Å²) in [5, 5.41) is 22.4. The first-order valence-electron chi connectivity index (χ1n) is 9.51. The number of carboxylic acid groups (broad SMARTS) is 1. The predicted molar refractivity (Wildman–Crippen MR) is 107 cm³/mol. The third kappa shape index (κ3) is 3.84. The second-order valence-corrected chi connectivity index (χ2v) is 7.37. The largest absolute Gasteiger partial charge is 0.547 e. The molecular formula is C20H22BN3O5. The van der Waals surface area contributed by atoms with E-state index in [9.17, 15) is 19.7 Å². The van der Waals surface area contributed by atoms with Gasteiger partial charge < -0.3 is 25.8 Å². The number of fused-ring (bicyclic) bond motifs is 2. The van der Waals surface area contributed by atoms with Crippen LogP contribution in [-0.2, 0) is 19.5 Å². The number of carbonyl (C=O) groups excluding carboxylic acids is 1. The molecule has 9 heteroatoms. The first-order chi connectivity index (χ1) is 14.0. The maximum absolute atomic E-state index is 12.7. The lowest BCUT2D eigenvalue weighted by Gasteiger charge is -2.28. The van der Waals surface area contributed by atoms with Gasteiger partial charge in [0.15, 0.2) is 0 Å². The molecule has 0 bridgehead atoms. The van der Waals surface area contributed by atoms with Crippen LogP contribution >= 0.6 is 0 Å². The lowest BCUT2D eigenvalue weighted by Crippen LogP contribution is -2.53. The van der Waals surface area contributed by atoms with Crippen molar-refractivity contribution in [2.24, 2.45) is 5.73 Å². The molecule has 150 valence electrons. The van der Waals surface area contributed by atoms with Crippen molar-refractivity contribution < 1.29 is 24.4 Å². The van der Waals surface area contributed by atoms with Crippen LogP contribution in [-0.4, -0.2) is 53.1 Å². The van der Waals surface area contributed by atoms with E-state index in [1.165, 1.54) is 11.6 Å². The number of para-hydroxylation sites is 1. The number of carbonyl (C=O) groups is 2. The zero-order chi connectivity index (χ0) is 20.5. The maximum atomic E-state index is 12.7. The van der Waals surface area contributed by atoms with E-state index < -0.39 is 19.0 Å². The Morgan fingerprint density at radius 2 is 2.00 bits per heavy atom. The summed E-state index contributed by atoms with van der Waals surface area (Å²) < 4.78 is 5.43. The number of carboxylic acids is 1. The normalized spacial score (nSPS) is 18.0. The Hall–Kier alpha value is -2.88. The Morgan fingerprint density at radius 3 is 2.76 bits per heavy atom. The minimum atomic E-state index is -1.33. The summed E-state index contributed by atoms with van der Waals surface area (Å²) in [6.45, 7) is 2.98. The van der Waals surface area contributed by atoms with Crippen LogP contribution in [0.5, 0.6) is 5.75 Å². The van der Waals surface area contributed by atoms with Crippen LogP contribution in [0.3, 0.4) is 0 Å². The molecule has 2 heterocycles. The van der Waals surface area contributed by atoms with Crippen molar-refractivity contribution in [3.05, 3.63) is 64.2 Å². The summed E-state index contributed by atoms with van der Waals surface area (Å²) >= 11 is 0. The van der Waals surface area contributed by atoms with Crippen LogP contribution in [0, 0.1) is 0 Å². The molecule has 0 spiro atoms. The average molecular weight is 395 g/mol. The molecule has 8 nitrogen and oxygen atoms in total. The molecule has 0 unspecified atom stereocenters. The topological polar surface area (TPSA) is 125 Å². The molecule has 1 atom stereocenters. The van der Waals surface area contributed by atoms with E-state index in [0.717, 1.165) is 25.2 Å². The van der Waals surface area contributed by atoms with E-state index in [2.05, 4.69) is 10.2 Å². The second kappa shape index (κ2) is 7.86. The van der Waals surface area contributed by atoms with Crippen molar-refractivity contribution in [1.29, 1.82) is 0 Å². The number of nitrogens with zero attached hydrogens (tertiary/aromatic N) is 1. The van der Waals surface area contributed by atoms with Crippen LogP contribution < -0.4 is 15.7 Å². The molecule has 0 aliphatic carbocycles. The minimum absolute atomic E-state index is 0.00742. The molecule has 0 saturated carbocycles. The zero-order valence-electron chi connectivity index (χ0n) is 15.8. The minimum Gasteiger partial charge on any atom is -0.534 e.